The molecule has 0 spiro atoms. The van der Waals surface area contributed by atoms with Crippen LogP contribution >= 0.6 is 0 Å². The van der Waals surface area contributed by atoms with Gasteiger partial charge < -0.3 is 9.47 Å². The number of rotatable bonds is 1. The predicted octanol–water partition coefficient (Wildman–Crippen LogP) is 2.70. The van der Waals surface area contributed by atoms with E-state index in [0.29, 0.717) is 12.0 Å². The van der Waals surface area contributed by atoms with Crippen LogP contribution in [0.1, 0.15) is 33.6 Å². The lowest BCUT2D eigenvalue weighted by molar-refractivity contribution is -0.150. The number of hydrogen-bond acceptors (Lipinski definition) is 4. The van der Waals surface area contributed by atoms with Gasteiger partial charge in [-0.25, -0.2) is 4.79 Å². The van der Waals surface area contributed by atoms with Crippen molar-refractivity contribution in [2.45, 2.75) is 45.8 Å². The van der Waals surface area contributed by atoms with Crippen LogP contribution in [0.4, 0.5) is 0 Å². The molecule has 3 aliphatic rings. The number of esters is 2. The summed E-state index contributed by atoms with van der Waals surface area (Å²) in [6.07, 6.45) is 3.07. The van der Waals surface area contributed by atoms with E-state index < -0.39 is 0 Å². The summed E-state index contributed by atoms with van der Waals surface area (Å²) in [5.41, 5.74) is 4.20. The Morgan fingerprint density at radius 1 is 1.43 bits per heavy atom. The van der Waals surface area contributed by atoms with Gasteiger partial charge in [0, 0.05) is 24.8 Å². The number of ether oxygens (including phenoxy) is 2. The summed E-state index contributed by atoms with van der Waals surface area (Å²) in [7, 11) is 0. The summed E-state index contributed by atoms with van der Waals surface area (Å²) in [5.74, 6) is -0.831. The normalized spacial score (nSPS) is 34.9. The largest absolute Gasteiger partial charge is 0.461 e. The molecule has 1 heterocycles. The topological polar surface area (TPSA) is 52.6 Å². The van der Waals surface area contributed by atoms with E-state index in [-0.39, 0.29) is 36.0 Å². The molecule has 0 amide bonds. The average molecular weight is 288 g/mol. The SMILES string of the molecule is C=C1C(=O)O[C@@H]2[C@H]3C(C)=CCC3=C(C)C[C@H](OC(C)=O)[C@@H]12. The molecular weight excluding hydrogens is 268 g/mol. The minimum atomic E-state index is -0.364. The molecule has 0 radical (unpaired) electrons. The molecule has 1 fully saturated rings. The first-order valence-corrected chi connectivity index (χ1v) is 7.32. The second-order valence-electron chi connectivity index (χ2n) is 6.21. The summed E-state index contributed by atoms with van der Waals surface area (Å²) in [5, 5.41) is 0. The maximum absolute atomic E-state index is 12.0. The van der Waals surface area contributed by atoms with Gasteiger partial charge in [0.05, 0.1) is 5.92 Å². The maximum Gasteiger partial charge on any atom is 0.334 e. The predicted molar refractivity (Wildman–Crippen MR) is 77.2 cm³/mol. The van der Waals surface area contributed by atoms with Crippen LogP contribution in [0.25, 0.3) is 0 Å². The first kappa shape index (κ1) is 14.1. The smallest absolute Gasteiger partial charge is 0.334 e. The fourth-order valence-electron chi connectivity index (χ4n) is 3.90. The van der Waals surface area contributed by atoms with Gasteiger partial charge in [0.2, 0.25) is 0 Å². The number of allylic oxidation sites excluding steroid dienone is 1. The van der Waals surface area contributed by atoms with Crippen molar-refractivity contribution in [1.29, 1.82) is 0 Å². The number of carbonyl (C=O) groups is 2. The molecule has 0 bridgehead atoms. The highest BCUT2D eigenvalue weighted by Crippen LogP contribution is 2.48. The average Bonchev–Trinajstić information content (AvgIpc) is 2.86. The Labute approximate surface area is 124 Å². The van der Waals surface area contributed by atoms with E-state index in [1.54, 1.807) is 0 Å². The lowest BCUT2D eigenvalue weighted by Gasteiger charge is -2.27. The van der Waals surface area contributed by atoms with Gasteiger partial charge in [0.15, 0.2) is 0 Å². The third-order valence-electron chi connectivity index (χ3n) is 4.87. The second kappa shape index (κ2) is 4.86. The highest BCUT2D eigenvalue weighted by atomic mass is 16.6. The molecule has 0 aromatic rings. The molecule has 21 heavy (non-hydrogen) atoms. The Hall–Kier alpha value is -1.84. The highest BCUT2D eigenvalue weighted by molar-refractivity contribution is 5.91. The van der Waals surface area contributed by atoms with Gasteiger partial charge in [-0.1, -0.05) is 29.4 Å². The van der Waals surface area contributed by atoms with Crippen molar-refractivity contribution in [3.8, 4) is 0 Å². The van der Waals surface area contributed by atoms with Gasteiger partial charge >= 0.3 is 11.9 Å². The van der Waals surface area contributed by atoms with E-state index in [0.717, 1.165) is 6.42 Å². The second-order valence-corrected chi connectivity index (χ2v) is 6.21. The van der Waals surface area contributed by atoms with Crippen LogP contribution < -0.4 is 0 Å². The molecule has 4 nitrogen and oxygen atoms in total. The molecule has 1 saturated heterocycles. The van der Waals surface area contributed by atoms with Crippen LogP contribution in [0.5, 0.6) is 0 Å². The van der Waals surface area contributed by atoms with Crippen LogP contribution in [-0.2, 0) is 19.1 Å². The molecule has 4 heteroatoms. The zero-order valence-corrected chi connectivity index (χ0v) is 12.6. The van der Waals surface area contributed by atoms with Crippen LogP contribution in [0.15, 0.2) is 34.9 Å². The molecule has 0 unspecified atom stereocenters. The highest BCUT2D eigenvalue weighted by Gasteiger charge is 2.52. The van der Waals surface area contributed by atoms with Gasteiger partial charge in [-0.05, 0) is 20.3 Å². The van der Waals surface area contributed by atoms with E-state index in [2.05, 4.69) is 26.5 Å². The molecule has 0 aromatic carbocycles. The summed E-state index contributed by atoms with van der Waals surface area (Å²) in [6, 6.07) is 0. The van der Waals surface area contributed by atoms with Crippen LogP contribution in [0, 0.1) is 11.8 Å². The van der Waals surface area contributed by atoms with Crippen LogP contribution in [-0.4, -0.2) is 24.1 Å². The first-order valence-electron chi connectivity index (χ1n) is 7.32. The minimum absolute atomic E-state index is 0.110. The van der Waals surface area contributed by atoms with E-state index in [4.69, 9.17) is 9.47 Å². The number of hydrogen-bond donors (Lipinski definition) is 0. The fraction of sp³-hybridized carbons (Fsp3) is 0.529. The lowest BCUT2D eigenvalue weighted by atomic mass is 9.82. The third-order valence-corrected chi connectivity index (χ3v) is 4.87. The summed E-state index contributed by atoms with van der Waals surface area (Å²) >= 11 is 0. The molecule has 3 rings (SSSR count). The standard InChI is InChI=1S/C17H20O4/c1-8-5-6-12-9(2)7-13(20-11(4)18)15-10(3)17(19)21-16(15)14(8)12/h5,13-16H,3,6-7H2,1-2,4H3/t13-,14-,15+,16+/m0/s1. The lowest BCUT2D eigenvalue weighted by Crippen LogP contribution is -2.35. The van der Waals surface area contributed by atoms with E-state index >= 15 is 0 Å². The molecule has 112 valence electrons. The molecular formula is C17H20O4. The van der Waals surface area contributed by atoms with E-state index in [9.17, 15) is 9.59 Å². The molecule has 4 atom stereocenters. The Morgan fingerprint density at radius 3 is 2.81 bits per heavy atom. The summed E-state index contributed by atoms with van der Waals surface area (Å²) in [4.78, 5) is 23.4. The zero-order valence-electron chi connectivity index (χ0n) is 12.6. The number of fused-ring (bicyclic) bond motifs is 3. The Kier molecular flexibility index (Phi) is 3.27. The van der Waals surface area contributed by atoms with Crippen LogP contribution in [0.3, 0.4) is 0 Å². The quantitative estimate of drug-likeness (QED) is 0.423. The van der Waals surface area contributed by atoms with Crippen molar-refractivity contribution < 1.29 is 19.1 Å². The monoisotopic (exact) mass is 288 g/mol. The summed E-state index contributed by atoms with van der Waals surface area (Å²) < 4.78 is 11.1. The van der Waals surface area contributed by atoms with Gasteiger partial charge in [-0.3, -0.25) is 4.79 Å². The van der Waals surface area contributed by atoms with Crippen molar-refractivity contribution in [2.24, 2.45) is 11.8 Å². The van der Waals surface area contributed by atoms with Gasteiger partial charge in [0.1, 0.15) is 12.2 Å². The number of carbonyl (C=O) groups excluding carboxylic acids is 2. The molecule has 2 aliphatic carbocycles. The van der Waals surface area contributed by atoms with Gasteiger partial charge in [0.25, 0.3) is 0 Å². The minimum Gasteiger partial charge on any atom is -0.461 e. The van der Waals surface area contributed by atoms with Crippen molar-refractivity contribution in [1.82, 2.24) is 0 Å². The van der Waals surface area contributed by atoms with Gasteiger partial charge in [-0.15, -0.1) is 0 Å². The first-order chi connectivity index (χ1) is 9.90. The Bertz CT molecular complexity index is 596. The summed E-state index contributed by atoms with van der Waals surface area (Å²) in [6.45, 7) is 9.43. The maximum atomic E-state index is 12.0. The van der Waals surface area contributed by atoms with Crippen molar-refractivity contribution in [3.63, 3.8) is 0 Å². The Balaban J connectivity index is 2.05. The Morgan fingerprint density at radius 2 is 2.14 bits per heavy atom. The van der Waals surface area contributed by atoms with E-state index in [1.165, 1.54) is 23.6 Å². The van der Waals surface area contributed by atoms with Crippen LogP contribution in [0.2, 0.25) is 0 Å². The molecule has 0 N–H and O–H groups in total. The fourth-order valence-corrected chi connectivity index (χ4v) is 3.90. The van der Waals surface area contributed by atoms with E-state index in [1.807, 2.05) is 0 Å². The van der Waals surface area contributed by atoms with Crippen molar-refractivity contribution in [3.05, 3.63) is 34.9 Å². The zero-order chi connectivity index (χ0) is 15.3. The van der Waals surface area contributed by atoms with Crippen molar-refractivity contribution >= 4 is 11.9 Å². The molecule has 0 aromatic heterocycles. The molecule has 0 saturated carbocycles. The van der Waals surface area contributed by atoms with Crippen molar-refractivity contribution in [2.75, 3.05) is 0 Å². The van der Waals surface area contributed by atoms with Gasteiger partial charge in [-0.2, -0.15) is 0 Å². The third kappa shape index (κ3) is 2.13. The molecule has 1 aliphatic heterocycles.